The quantitative estimate of drug-likeness (QED) is 0.842. The molecule has 0 aliphatic rings. The number of carboxylic acids is 1. The highest BCUT2D eigenvalue weighted by Crippen LogP contribution is 2.08. The summed E-state index contributed by atoms with van der Waals surface area (Å²) >= 11 is 3.19. The van der Waals surface area contributed by atoms with Gasteiger partial charge in [-0.05, 0) is 45.8 Å². The van der Waals surface area contributed by atoms with Crippen molar-refractivity contribution in [1.29, 1.82) is 0 Å². The van der Waals surface area contributed by atoms with Crippen LogP contribution in [-0.4, -0.2) is 22.0 Å². The summed E-state index contributed by atoms with van der Waals surface area (Å²) in [5, 5.41) is 11.6. The second-order valence-electron chi connectivity index (χ2n) is 4.06. The van der Waals surface area contributed by atoms with E-state index in [0.717, 1.165) is 5.56 Å². The fourth-order valence-corrected chi connectivity index (χ4v) is 1.84. The Kier molecular flexibility index (Phi) is 4.47. The van der Waals surface area contributed by atoms with Crippen molar-refractivity contribution in [3.8, 4) is 0 Å². The largest absolute Gasteiger partial charge is 0.478 e. The first kappa shape index (κ1) is 14.2. The summed E-state index contributed by atoms with van der Waals surface area (Å²) in [7, 11) is 0. The first-order chi connectivity index (χ1) is 9.56. The highest BCUT2D eigenvalue weighted by Gasteiger charge is 2.07. The van der Waals surface area contributed by atoms with Crippen LogP contribution in [0.4, 0.5) is 0 Å². The van der Waals surface area contributed by atoms with Crippen molar-refractivity contribution in [2.75, 3.05) is 0 Å². The van der Waals surface area contributed by atoms with Crippen LogP contribution in [0, 0.1) is 0 Å². The lowest BCUT2D eigenvalue weighted by Crippen LogP contribution is -2.23. The van der Waals surface area contributed by atoms with Crippen molar-refractivity contribution in [3.05, 3.63) is 63.9 Å². The highest BCUT2D eigenvalue weighted by atomic mass is 79.9. The minimum Gasteiger partial charge on any atom is -0.478 e. The lowest BCUT2D eigenvalue weighted by Gasteiger charge is -2.06. The van der Waals surface area contributed by atoms with E-state index in [2.05, 4.69) is 26.2 Å². The van der Waals surface area contributed by atoms with Gasteiger partial charge in [-0.2, -0.15) is 0 Å². The maximum atomic E-state index is 11.9. The predicted molar refractivity (Wildman–Crippen MR) is 76.5 cm³/mol. The average Bonchev–Trinajstić information content (AvgIpc) is 2.46. The Morgan fingerprint density at radius 1 is 1.20 bits per heavy atom. The van der Waals surface area contributed by atoms with E-state index >= 15 is 0 Å². The molecule has 0 saturated heterocycles. The van der Waals surface area contributed by atoms with E-state index in [1.165, 1.54) is 18.3 Å². The van der Waals surface area contributed by atoms with E-state index in [1.807, 2.05) is 0 Å². The Labute approximate surface area is 123 Å². The van der Waals surface area contributed by atoms with Gasteiger partial charge in [-0.25, -0.2) is 9.78 Å². The number of rotatable bonds is 4. The lowest BCUT2D eigenvalue weighted by molar-refractivity contribution is 0.0696. The molecule has 1 aromatic carbocycles. The van der Waals surface area contributed by atoms with E-state index < -0.39 is 5.97 Å². The predicted octanol–water partition coefficient (Wildman–Crippen LogP) is 2.47. The summed E-state index contributed by atoms with van der Waals surface area (Å²) in [6.45, 7) is 0.260. The second-order valence-corrected chi connectivity index (χ2v) is 4.87. The standard InChI is InChI=1S/C14H11BrN2O3/c15-12-5-4-11(8-16-12)13(18)17-7-9-2-1-3-10(6-9)14(19)20/h1-6,8H,7H2,(H,17,18)(H,19,20). The van der Waals surface area contributed by atoms with Crippen LogP contribution in [0.2, 0.25) is 0 Å². The molecule has 0 unspecified atom stereocenters. The number of pyridine rings is 1. The zero-order chi connectivity index (χ0) is 14.5. The molecule has 0 radical (unpaired) electrons. The maximum Gasteiger partial charge on any atom is 0.335 e. The molecule has 0 atom stereocenters. The summed E-state index contributed by atoms with van der Waals surface area (Å²) in [5.74, 6) is -1.25. The van der Waals surface area contributed by atoms with Gasteiger partial charge in [0.1, 0.15) is 4.60 Å². The summed E-state index contributed by atoms with van der Waals surface area (Å²) < 4.78 is 0.656. The van der Waals surface area contributed by atoms with Crippen molar-refractivity contribution >= 4 is 27.8 Å². The van der Waals surface area contributed by atoms with Gasteiger partial charge in [0, 0.05) is 12.7 Å². The summed E-state index contributed by atoms with van der Waals surface area (Å²) in [6, 6.07) is 9.77. The topological polar surface area (TPSA) is 79.3 Å². The number of halogens is 1. The third-order valence-electron chi connectivity index (χ3n) is 2.62. The zero-order valence-electron chi connectivity index (χ0n) is 10.3. The van der Waals surface area contributed by atoms with Gasteiger partial charge in [-0.1, -0.05) is 12.1 Å². The first-order valence-electron chi connectivity index (χ1n) is 5.78. The third kappa shape index (κ3) is 3.64. The molecule has 0 bridgehead atoms. The molecule has 6 heteroatoms. The van der Waals surface area contributed by atoms with Gasteiger partial charge in [0.25, 0.3) is 5.91 Å². The Bertz CT molecular complexity index is 641. The number of benzene rings is 1. The number of carbonyl (C=O) groups excluding carboxylic acids is 1. The normalized spacial score (nSPS) is 10.1. The molecule has 1 amide bonds. The number of carboxylic acid groups (broad SMARTS) is 1. The summed E-state index contributed by atoms with van der Waals surface area (Å²) in [4.78, 5) is 26.7. The van der Waals surface area contributed by atoms with Crippen LogP contribution in [0.25, 0.3) is 0 Å². The molecule has 1 heterocycles. The van der Waals surface area contributed by atoms with Crippen molar-refractivity contribution in [2.24, 2.45) is 0 Å². The van der Waals surface area contributed by atoms with Crippen LogP contribution in [0.15, 0.2) is 47.2 Å². The van der Waals surface area contributed by atoms with E-state index in [0.29, 0.717) is 10.2 Å². The monoisotopic (exact) mass is 334 g/mol. The van der Waals surface area contributed by atoms with Crippen molar-refractivity contribution in [3.63, 3.8) is 0 Å². The molecule has 0 spiro atoms. The summed E-state index contributed by atoms with van der Waals surface area (Å²) in [6.07, 6.45) is 1.47. The number of nitrogens with zero attached hydrogens (tertiary/aromatic N) is 1. The van der Waals surface area contributed by atoms with Crippen LogP contribution in [0.3, 0.4) is 0 Å². The average molecular weight is 335 g/mol. The Balaban J connectivity index is 2.01. The summed E-state index contributed by atoms with van der Waals surface area (Å²) in [5.41, 5.74) is 1.37. The number of hydrogen-bond donors (Lipinski definition) is 2. The van der Waals surface area contributed by atoms with Gasteiger partial charge in [-0.3, -0.25) is 4.79 Å². The van der Waals surface area contributed by atoms with Crippen LogP contribution in [-0.2, 0) is 6.54 Å². The van der Waals surface area contributed by atoms with Crippen LogP contribution in [0.1, 0.15) is 26.3 Å². The van der Waals surface area contributed by atoms with Gasteiger partial charge in [0.2, 0.25) is 0 Å². The Hall–Kier alpha value is -2.21. The van der Waals surface area contributed by atoms with Gasteiger partial charge in [0.15, 0.2) is 0 Å². The molecule has 2 aromatic rings. The molecule has 2 rings (SSSR count). The molecule has 20 heavy (non-hydrogen) atoms. The molecule has 0 saturated carbocycles. The third-order valence-corrected chi connectivity index (χ3v) is 3.09. The number of hydrogen-bond acceptors (Lipinski definition) is 3. The fraction of sp³-hybridized carbons (Fsp3) is 0.0714. The second kappa shape index (κ2) is 6.29. The molecular weight excluding hydrogens is 324 g/mol. The molecule has 102 valence electrons. The minimum absolute atomic E-state index is 0.196. The molecule has 2 N–H and O–H groups in total. The van der Waals surface area contributed by atoms with Gasteiger partial charge in [0.05, 0.1) is 11.1 Å². The Morgan fingerprint density at radius 2 is 2.00 bits per heavy atom. The number of amides is 1. The minimum atomic E-state index is -0.990. The molecule has 0 fully saturated rings. The number of carbonyl (C=O) groups is 2. The Morgan fingerprint density at radius 3 is 2.65 bits per heavy atom. The van der Waals surface area contributed by atoms with Crippen LogP contribution >= 0.6 is 15.9 Å². The van der Waals surface area contributed by atoms with Crippen molar-refractivity contribution < 1.29 is 14.7 Å². The van der Waals surface area contributed by atoms with Gasteiger partial charge in [-0.15, -0.1) is 0 Å². The molecule has 0 aliphatic heterocycles. The fourth-order valence-electron chi connectivity index (χ4n) is 1.61. The zero-order valence-corrected chi connectivity index (χ0v) is 11.9. The number of aromatic carboxylic acids is 1. The van der Waals surface area contributed by atoms with Crippen LogP contribution in [0.5, 0.6) is 0 Å². The van der Waals surface area contributed by atoms with E-state index in [9.17, 15) is 9.59 Å². The highest BCUT2D eigenvalue weighted by molar-refractivity contribution is 9.10. The SMILES string of the molecule is O=C(O)c1cccc(CNC(=O)c2ccc(Br)nc2)c1. The van der Waals surface area contributed by atoms with Crippen molar-refractivity contribution in [2.45, 2.75) is 6.54 Å². The van der Waals surface area contributed by atoms with Gasteiger partial charge >= 0.3 is 5.97 Å². The van der Waals surface area contributed by atoms with Gasteiger partial charge < -0.3 is 10.4 Å². The maximum absolute atomic E-state index is 11.9. The van der Waals surface area contributed by atoms with E-state index in [1.54, 1.807) is 24.3 Å². The van der Waals surface area contributed by atoms with Crippen molar-refractivity contribution in [1.82, 2.24) is 10.3 Å². The van der Waals surface area contributed by atoms with E-state index in [4.69, 9.17) is 5.11 Å². The molecule has 1 aromatic heterocycles. The number of nitrogens with one attached hydrogen (secondary N) is 1. The smallest absolute Gasteiger partial charge is 0.335 e. The molecular formula is C14H11BrN2O3. The lowest BCUT2D eigenvalue weighted by atomic mass is 10.1. The molecule has 5 nitrogen and oxygen atoms in total. The number of aromatic nitrogens is 1. The van der Waals surface area contributed by atoms with E-state index in [-0.39, 0.29) is 18.0 Å². The first-order valence-corrected chi connectivity index (χ1v) is 6.57. The molecule has 0 aliphatic carbocycles. The van der Waals surface area contributed by atoms with Crippen LogP contribution < -0.4 is 5.32 Å².